The van der Waals surface area contributed by atoms with Gasteiger partial charge >= 0.3 is 5.97 Å². The number of carbonyl (C=O) groups is 3. The summed E-state index contributed by atoms with van der Waals surface area (Å²) in [5, 5.41) is 2.42. The summed E-state index contributed by atoms with van der Waals surface area (Å²) < 4.78 is 14.8. The zero-order valence-corrected chi connectivity index (χ0v) is 16.6. The average Bonchev–Trinajstić information content (AvgIpc) is 2.92. The molecule has 2 heterocycles. The van der Waals surface area contributed by atoms with Gasteiger partial charge < -0.3 is 24.4 Å². The topological polar surface area (TPSA) is 94.2 Å². The number of esters is 1. The number of fused-ring (bicyclic) bond motifs is 1. The molecule has 0 spiro atoms. The Bertz CT molecular complexity index is 774. The summed E-state index contributed by atoms with van der Waals surface area (Å²) >= 11 is 1.47. The smallest absolute Gasteiger partial charge is 0.330 e. The molecule has 3 rings (SSSR count). The summed E-state index contributed by atoms with van der Waals surface area (Å²) in [7, 11) is 4.21. The van der Waals surface area contributed by atoms with Gasteiger partial charge in [0.05, 0.1) is 21.3 Å². The van der Waals surface area contributed by atoms with E-state index in [4.69, 9.17) is 14.2 Å². The van der Waals surface area contributed by atoms with E-state index in [-0.39, 0.29) is 16.8 Å². The van der Waals surface area contributed by atoms with Gasteiger partial charge in [-0.2, -0.15) is 0 Å². The number of nitrogens with zero attached hydrogens (tertiary/aromatic N) is 1. The first-order valence-corrected chi connectivity index (χ1v) is 9.24. The summed E-state index contributed by atoms with van der Waals surface area (Å²) in [4.78, 5) is 39.1. The van der Waals surface area contributed by atoms with Gasteiger partial charge in [-0.05, 0) is 26.0 Å². The van der Waals surface area contributed by atoms with Crippen LogP contribution in [-0.4, -0.2) is 66.2 Å². The first kappa shape index (κ1) is 19.3. The number of hydrogen-bond donors (Lipinski definition) is 1. The Morgan fingerprint density at radius 3 is 2.26 bits per heavy atom. The van der Waals surface area contributed by atoms with Gasteiger partial charge in [0, 0.05) is 4.75 Å². The van der Waals surface area contributed by atoms with Crippen molar-refractivity contribution in [1.82, 2.24) is 10.2 Å². The van der Waals surface area contributed by atoms with Gasteiger partial charge in [0.25, 0.3) is 5.91 Å². The molecule has 8 nitrogen and oxygen atoms in total. The summed E-state index contributed by atoms with van der Waals surface area (Å²) in [6.45, 7) is 3.76. The van der Waals surface area contributed by atoms with Crippen LogP contribution in [0.2, 0.25) is 0 Å². The summed E-state index contributed by atoms with van der Waals surface area (Å²) in [6.07, 6.45) is 0. The third-order valence-corrected chi connectivity index (χ3v) is 6.38. The highest BCUT2D eigenvalue weighted by atomic mass is 32.2. The van der Waals surface area contributed by atoms with Gasteiger partial charge in [-0.3, -0.25) is 9.59 Å². The van der Waals surface area contributed by atoms with Crippen molar-refractivity contribution in [3.63, 3.8) is 0 Å². The molecule has 3 atom stereocenters. The maximum absolute atomic E-state index is 12.8. The van der Waals surface area contributed by atoms with Crippen LogP contribution < -0.4 is 14.8 Å². The standard InChI is InChI=1S/C18H22N2O6S/c1-18(2)13(17(23)26-5)20-15(22)12(16(20)27-18)19-14(21)11-9(24-3)7-6-8-10(11)25-4/h6-8,12-13,16H,1-5H3,(H,19,21)/t12-,13+,16-/m1/s1. The van der Waals surface area contributed by atoms with E-state index in [0.717, 1.165) is 0 Å². The molecule has 2 saturated heterocycles. The number of nitrogens with one attached hydrogen (secondary N) is 1. The second kappa shape index (κ2) is 6.95. The van der Waals surface area contributed by atoms with Crippen LogP contribution in [0.1, 0.15) is 24.2 Å². The number of methoxy groups -OCH3 is 3. The first-order valence-electron chi connectivity index (χ1n) is 8.36. The molecule has 0 unspecified atom stereocenters. The zero-order valence-electron chi connectivity index (χ0n) is 15.8. The molecule has 27 heavy (non-hydrogen) atoms. The lowest BCUT2D eigenvalue weighted by atomic mass is 9.95. The fourth-order valence-corrected chi connectivity index (χ4v) is 5.15. The minimum absolute atomic E-state index is 0.223. The van der Waals surface area contributed by atoms with Gasteiger partial charge in [0.1, 0.15) is 34.5 Å². The highest BCUT2D eigenvalue weighted by Crippen LogP contribution is 2.51. The lowest BCUT2D eigenvalue weighted by Gasteiger charge is -2.43. The molecular weight excluding hydrogens is 372 g/mol. The molecule has 1 aromatic carbocycles. The molecule has 0 aliphatic carbocycles. The molecule has 2 fully saturated rings. The van der Waals surface area contributed by atoms with Gasteiger partial charge in [-0.25, -0.2) is 4.79 Å². The van der Waals surface area contributed by atoms with Crippen LogP contribution >= 0.6 is 11.8 Å². The molecule has 0 bridgehead atoms. The SMILES string of the molecule is COC(=O)[C@@H]1N2C(=O)[C@@H](NC(=O)c3c(OC)cccc3OC)[C@H]2SC1(C)C. The highest BCUT2D eigenvalue weighted by Gasteiger charge is 2.64. The van der Waals surface area contributed by atoms with Crippen LogP contribution in [-0.2, 0) is 14.3 Å². The predicted octanol–water partition coefficient (Wildman–Crippen LogP) is 1.04. The van der Waals surface area contributed by atoms with Gasteiger partial charge in [-0.15, -0.1) is 11.8 Å². The van der Waals surface area contributed by atoms with Crippen LogP contribution in [0.5, 0.6) is 11.5 Å². The maximum atomic E-state index is 12.8. The van der Waals surface area contributed by atoms with E-state index in [1.165, 1.54) is 38.0 Å². The van der Waals surface area contributed by atoms with E-state index in [0.29, 0.717) is 11.5 Å². The third-order valence-electron chi connectivity index (χ3n) is 4.81. The van der Waals surface area contributed by atoms with E-state index in [2.05, 4.69) is 5.32 Å². The van der Waals surface area contributed by atoms with Crippen LogP contribution in [0.4, 0.5) is 0 Å². The summed E-state index contributed by atoms with van der Waals surface area (Å²) in [5.74, 6) is -0.540. The van der Waals surface area contributed by atoms with Crippen molar-refractivity contribution in [3.8, 4) is 11.5 Å². The normalized spacial score (nSPS) is 25.3. The molecule has 2 aliphatic rings. The van der Waals surface area contributed by atoms with Crippen molar-refractivity contribution in [3.05, 3.63) is 23.8 Å². The van der Waals surface area contributed by atoms with E-state index in [1.807, 2.05) is 13.8 Å². The fourth-order valence-electron chi connectivity index (χ4n) is 3.53. The Labute approximate surface area is 161 Å². The second-order valence-electron chi connectivity index (χ2n) is 6.77. The molecule has 1 aromatic rings. The van der Waals surface area contributed by atoms with Gasteiger partial charge in [0.15, 0.2) is 0 Å². The number of rotatable bonds is 5. The quantitative estimate of drug-likeness (QED) is 0.589. The molecule has 1 N–H and O–H groups in total. The van der Waals surface area contributed by atoms with Crippen molar-refractivity contribution in [2.75, 3.05) is 21.3 Å². The fraction of sp³-hybridized carbons (Fsp3) is 0.500. The first-order chi connectivity index (χ1) is 12.8. The Balaban J connectivity index is 1.82. The lowest BCUT2D eigenvalue weighted by molar-refractivity contribution is -0.161. The van der Waals surface area contributed by atoms with Crippen molar-refractivity contribution < 1.29 is 28.6 Å². The lowest BCUT2D eigenvalue weighted by Crippen LogP contribution is -2.70. The van der Waals surface area contributed by atoms with Crippen LogP contribution in [0, 0.1) is 0 Å². The van der Waals surface area contributed by atoms with Crippen molar-refractivity contribution in [2.24, 2.45) is 0 Å². The summed E-state index contributed by atoms with van der Waals surface area (Å²) in [6, 6.07) is 3.59. The third kappa shape index (κ3) is 2.99. The van der Waals surface area contributed by atoms with E-state index < -0.39 is 28.7 Å². The maximum Gasteiger partial charge on any atom is 0.330 e. The molecule has 2 amide bonds. The van der Waals surface area contributed by atoms with Crippen molar-refractivity contribution in [2.45, 2.75) is 36.1 Å². The number of thioether (sulfide) groups is 1. The Hall–Kier alpha value is -2.42. The number of ether oxygens (including phenoxy) is 3. The summed E-state index contributed by atoms with van der Waals surface area (Å²) in [5.41, 5.74) is 0.223. The molecular formula is C18H22N2O6S. The monoisotopic (exact) mass is 394 g/mol. The Morgan fingerprint density at radius 2 is 1.74 bits per heavy atom. The molecule has 2 aliphatic heterocycles. The average molecular weight is 394 g/mol. The van der Waals surface area contributed by atoms with Crippen LogP contribution in [0.15, 0.2) is 18.2 Å². The molecule has 0 radical (unpaired) electrons. The Morgan fingerprint density at radius 1 is 1.15 bits per heavy atom. The minimum Gasteiger partial charge on any atom is -0.496 e. The van der Waals surface area contributed by atoms with E-state index in [1.54, 1.807) is 18.2 Å². The molecule has 9 heteroatoms. The zero-order chi connectivity index (χ0) is 19.9. The number of benzene rings is 1. The van der Waals surface area contributed by atoms with Crippen LogP contribution in [0.3, 0.4) is 0 Å². The Kier molecular flexibility index (Phi) is 4.98. The van der Waals surface area contributed by atoms with Crippen LogP contribution in [0.25, 0.3) is 0 Å². The molecule has 0 aromatic heterocycles. The number of β-lactam (4-membered cyclic amide) rings is 1. The molecule has 146 valence electrons. The number of carbonyl (C=O) groups excluding carboxylic acids is 3. The number of amides is 2. The van der Waals surface area contributed by atoms with Gasteiger partial charge in [0.2, 0.25) is 5.91 Å². The van der Waals surface area contributed by atoms with Crippen molar-refractivity contribution in [1.29, 1.82) is 0 Å². The molecule has 0 saturated carbocycles. The van der Waals surface area contributed by atoms with Gasteiger partial charge in [-0.1, -0.05) is 6.07 Å². The largest absolute Gasteiger partial charge is 0.496 e. The second-order valence-corrected chi connectivity index (χ2v) is 8.54. The highest BCUT2D eigenvalue weighted by molar-refractivity contribution is 8.01. The minimum atomic E-state index is -0.731. The van der Waals surface area contributed by atoms with E-state index in [9.17, 15) is 14.4 Å². The van der Waals surface area contributed by atoms with Crippen molar-refractivity contribution >= 4 is 29.5 Å². The van der Waals surface area contributed by atoms with E-state index >= 15 is 0 Å². The predicted molar refractivity (Wildman–Crippen MR) is 98.9 cm³/mol. The number of hydrogen-bond acceptors (Lipinski definition) is 7.